The van der Waals surface area contributed by atoms with Crippen LogP contribution in [0.5, 0.6) is 11.5 Å². The Labute approximate surface area is 186 Å². The third kappa shape index (κ3) is 5.21. The van der Waals surface area contributed by atoms with Crippen LogP contribution in [0.4, 0.5) is 17.1 Å². The number of anilines is 2. The number of carbonyl (C=O) groups excluding carboxylic acids is 3. The summed E-state index contributed by atoms with van der Waals surface area (Å²) >= 11 is 0.863. The number of carbonyl (C=O) groups is 3. The van der Waals surface area contributed by atoms with Crippen LogP contribution in [0.3, 0.4) is 0 Å². The molecule has 2 aromatic rings. The number of nitrogens with zero attached hydrogens (tertiary/aromatic N) is 3. The number of methoxy groups -OCH3 is 2. The monoisotopic (exact) mass is 458 g/mol. The van der Waals surface area contributed by atoms with Gasteiger partial charge in [0.25, 0.3) is 11.6 Å². The van der Waals surface area contributed by atoms with Crippen molar-refractivity contribution in [1.82, 2.24) is 0 Å². The lowest BCUT2D eigenvalue weighted by Gasteiger charge is -2.26. The molecule has 0 atom stereocenters. The first-order valence-electron chi connectivity index (χ1n) is 9.16. The Morgan fingerprint density at radius 1 is 1.16 bits per heavy atom. The van der Waals surface area contributed by atoms with Crippen molar-refractivity contribution in [2.24, 2.45) is 4.99 Å². The zero-order valence-corrected chi connectivity index (χ0v) is 17.9. The summed E-state index contributed by atoms with van der Waals surface area (Å²) in [6.45, 7) is 0. The highest BCUT2D eigenvalue weighted by Crippen LogP contribution is 2.30. The molecule has 0 bridgehead atoms. The Hall–Kier alpha value is -3.93. The molecule has 0 saturated carbocycles. The van der Waals surface area contributed by atoms with Gasteiger partial charge < -0.3 is 14.8 Å². The van der Waals surface area contributed by atoms with E-state index in [1.807, 2.05) is 0 Å². The van der Waals surface area contributed by atoms with Crippen LogP contribution >= 0.6 is 11.8 Å². The Balaban J connectivity index is 1.75. The van der Waals surface area contributed by atoms with Crippen molar-refractivity contribution in [2.45, 2.75) is 6.42 Å². The average Bonchev–Trinajstić information content (AvgIpc) is 2.77. The van der Waals surface area contributed by atoms with E-state index in [1.165, 1.54) is 37.3 Å². The van der Waals surface area contributed by atoms with Crippen LogP contribution in [0.25, 0.3) is 0 Å². The Morgan fingerprint density at radius 2 is 1.81 bits per heavy atom. The van der Waals surface area contributed by atoms with Gasteiger partial charge in [-0.1, -0.05) is 11.8 Å². The van der Waals surface area contributed by atoms with Crippen LogP contribution in [0.1, 0.15) is 6.42 Å². The van der Waals surface area contributed by atoms with Gasteiger partial charge in [0.1, 0.15) is 23.6 Å². The van der Waals surface area contributed by atoms with E-state index in [0.717, 1.165) is 11.8 Å². The number of benzene rings is 2. The van der Waals surface area contributed by atoms with E-state index in [-0.39, 0.29) is 34.5 Å². The number of thioether (sulfide) groups is 1. The van der Waals surface area contributed by atoms with Gasteiger partial charge in [0.15, 0.2) is 5.17 Å². The van der Waals surface area contributed by atoms with E-state index in [9.17, 15) is 24.5 Å². The van der Waals surface area contributed by atoms with E-state index >= 15 is 0 Å². The number of hydrogen-bond donors (Lipinski definition) is 1. The number of amides is 3. The summed E-state index contributed by atoms with van der Waals surface area (Å²) in [5.74, 6) is -1.06. The summed E-state index contributed by atoms with van der Waals surface area (Å²) in [6, 6.07) is 10.6. The lowest BCUT2D eigenvalue weighted by molar-refractivity contribution is -0.384. The van der Waals surface area contributed by atoms with Gasteiger partial charge in [-0.25, -0.2) is 0 Å². The van der Waals surface area contributed by atoms with Gasteiger partial charge in [-0.2, -0.15) is 4.99 Å². The van der Waals surface area contributed by atoms with Crippen LogP contribution in [-0.2, 0) is 14.4 Å². The minimum atomic E-state index is -0.640. The number of nitro groups is 1. The molecule has 166 valence electrons. The van der Waals surface area contributed by atoms with Crippen molar-refractivity contribution < 1.29 is 28.8 Å². The fourth-order valence-electron chi connectivity index (χ4n) is 2.81. The van der Waals surface area contributed by atoms with Gasteiger partial charge in [0, 0.05) is 0 Å². The number of ether oxygens (including phenoxy) is 2. The van der Waals surface area contributed by atoms with Crippen molar-refractivity contribution in [1.29, 1.82) is 0 Å². The lowest BCUT2D eigenvalue weighted by atomic mass is 10.2. The average molecular weight is 458 g/mol. The van der Waals surface area contributed by atoms with Crippen LogP contribution in [0, 0.1) is 10.1 Å². The Bertz CT molecular complexity index is 1100. The molecule has 0 aliphatic carbocycles. The first kappa shape index (κ1) is 22.7. The second kappa shape index (κ2) is 9.92. The zero-order valence-electron chi connectivity index (χ0n) is 17.1. The topological polar surface area (TPSA) is 140 Å². The summed E-state index contributed by atoms with van der Waals surface area (Å²) < 4.78 is 10.1. The summed E-state index contributed by atoms with van der Waals surface area (Å²) in [4.78, 5) is 52.5. The van der Waals surface area contributed by atoms with Crippen LogP contribution in [-0.4, -0.2) is 47.8 Å². The van der Waals surface area contributed by atoms with Gasteiger partial charge in [0.2, 0.25) is 11.8 Å². The number of aliphatic imine (C=N–C) groups is 1. The maximum absolute atomic E-state index is 12.5. The highest BCUT2D eigenvalue weighted by atomic mass is 32.2. The van der Waals surface area contributed by atoms with Crippen molar-refractivity contribution in [3.05, 3.63) is 52.6 Å². The van der Waals surface area contributed by atoms with Gasteiger partial charge >= 0.3 is 0 Å². The first-order valence-corrected chi connectivity index (χ1v) is 10.1. The molecule has 1 heterocycles. The molecule has 0 fully saturated rings. The number of nitro benzene ring substituents is 1. The molecule has 12 heteroatoms. The van der Waals surface area contributed by atoms with E-state index in [2.05, 4.69) is 10.3 Å². The maximum Gasteiger partial charge on any atom is 0.296 e. The molecule has 11 nitrogen and oxygen atoms in total. The fraction of sp³-hybridized carbons (Fsp3) is 0.200. The molecule has 0 radical (unpaired) electrons. The van der Waals surface area contributed by atoms with Crippen molar-refractivity contribution >= 4 is 51.7 Å². The van der Waals surface area contributed by atoms with Gasteiger partial charge in [-0.3, -0.25) is 29.4 Å². The summed E-state index contributed by atoms with van der Waals surface area (Å²) in [6.07, 6.45) is -0.389. The van der Waals surface area contributed by atoms with Crippen molar-refractivity contribution in [3.63, 3.8) is 0 Å². The minimum Gasteiger partial charge on any atom is -0.497 e. The van der Waals surface area contributed by atoms with Gasteiger partial charge in [-0.15, -0.1) is 0 Å². The molecule has 0 spiro atoms. The molecule has 0 saturated heterocycles. The van der Waals surface area contributed by atoms with E-state index in [1.54, 1.807) is 24.3 Å². The highest BCUT2D eigenvalue weighted by molar-refractivity contribution is 8.14. The Kier molecular flexibility index (Phi) is 7.05. The van der Waals surface area contributed by atoms with E-state index in [4.69, 9.17) is 9.47 Å². The molecule has 1 aliphatic rings. The number of rotatable bonds is 7. The zero-order chi connectivity index (χ0) is 23.3. The molecule has 3 rings (SSSR count). The van der Waals surface area contributed by atoms with Crippen molar-refractivity contribution in [2.75, 3.05) is 30.2 Å². The minimum absolute atomic E-state index is 0.00820. The fourth-order valence-corrected chi connectivity index (χ4v) is 3.64. The highest BCUT2D eigenvalue weighted by Gasteiger charge is 2.30. The summed E-state index contributed by atoms with van der Waals surface area (Å²) in [5, 5.41) is 13.8. The molecule has 1 N–H and O–H groups in total. The summed E-state index contributed by atoms with van der Waals surface area (Å²) in [5.41, 5.74) is 0.120. The molecule has 32 heavy (non-hydrogen) atoms. The third-order valence-electron chi connectivity index (χ3n) is 4.30. The predicted octanol–water partition coefficient (Wildman–Crippen LogP) is 2.60. The van der Waals surface area contributed by atoms with Crippen molar-refractivity contribution in [3.8, 4) is 11.5 Å². The molecular weight excluding hydrogens is 440 g/mol. The molecule has 1 aliphatic heterocycles. The molecule has 0 unspecified atom stereocenters. The number of amidine groups is 1. The lowest BCUT2D eigenvalue weighted by Crippen LogP contribution is -2.41. The molecule has 2 aromatic carbocycles. The first-order chi connectivity index (χ1) is 15.3. The van der Waals surface area contributed by atoms with Crippen LogP contribution < -0.4 is 19.7 Å². The van der Waals surface area contributed by atoms with Crippen LogP contribution in [0.2, 0.25) is 0 Å². The normalized spacial score (nSPS) is 13.4. The van der Waals surface area contributed by atoms with E-state index in [0.29, 0.717) is 11.4 Å². The second-order valence-corrected chi connectivity index (χ2v) is 7.31. The van der Waals surface area contributed by atoms with E-state index < -0.39 is 22.6 Å². The summed E-state index contributed by atoms with van der Waals surface area (Å²) in [7, 11) is 2.88. The molecule has 3 amide bonds. The third-order valence-corrected chi connectivity index (χ3v) is 5.24. The standard InChI is InChI=1S/C20H18N4O7S/c1-30-13-5-3-12(4-6-13)23-19(27)10-17(25)22-20(23)32-11-18(26)21-15-8-7-14(31-2)9-16(15)24(28)29/h3-9H,10-11H2,1-2H3,(H,21,26). The maximum atomic E-state index is 12.5. The van der Waals surface area contributed by atoms with Gasteiger partial charge in [-0.05, 0) is 36.4 Å². The predicted molar refractivity (Wildman–Crippen MR) is 118 cm³/mol. The molecular formula is C20H18N4O7S. The Morgan fingerprint density at radius 3 is 2.44 bits per heavy atom. The quantitative estimate of drug-likeness (QED) is 0.379. The molecule has 0 aromatic heterocycles. The largest absolute Gasteiger partial charge is 0.497 e. The van der Waals surface area contributed by atoms with Gasteiger partial charge in [0.05, 0.1) is 36.6 Å². The smallest absolute Gasteiger partial charge is 0.296 e. The van der Waals surface area contributed by atoms with Crippen LogP contribution in [0.15, 0.2) is 47.5 Å². The number of hydrogen-bond acceptors (Lipinski definition) is 8. The number of nitrogens with one attached hydrogen (secondary N) is 1. The second-order valence-electron chi connectivity index (χ2n) is 6.37. The SMILES string of the molecule is COc1ccc(N2C(=O)CC(=O)N=C2SCC(=O)Nc2ccc(OC)cc2[N+](=O)[O-])cc1.